The Labute approximate surface area is 128 Å². The summed E-state index contributed by atoms with van der Waals surface area (Å²) in [6, 6.07) is 6.96. The predicted molar refractivity (Wildman–Crippen MR) is 84.8 cm³/mol. The quantitative estimate of drug-likeness (QED) is 0.919. The minimum Gasteiger partial charge on any atom is -0.487 e. The third kappa shape index (κ3) is 2.95. The van der Waals surface area contributed by atoms with E-state index in [-0.39, 0.29) is 5.60 Å². The van der Waals surface area contributed by atoms with Crippen LogP contribution in [0, 0.1) is 6.92 Å². The van der Waals surface area contributed by atoms with Crippen molar-refractivity contribution in [3.8, 4) is 5.75 Å². The first-order chi connectivity index (χ1) is 10.2. The lowest BCUT2D eigenvalue weighted by molar-refractivity contribution is -0.0601. The molecular formula is C18H27NO2. The molecular weight excluding hydrogens is 262 g/mol. The van der Waals surface area contributed by atoms with Crippen LogP contribution in [-0.2, 0) is 4.74 Å². The normalized spacial score (nSPS) is 31.8. The van der Waals surface area contributed by atoms with Crippen molar-refractivity contribution in [2.24, 2.45) is 0 Å². The van der Waals surface area contributed by atoms with Crippen molar-refractivity contribution in [3.05, 3.63) is 29.3 Å². The number of hydrogen-bond donors (Lipinski definition) is 1. The van der Waals surface area contributed by atoms with Crippen molar-refractivity contribution >= 4 is 0 Å². The number of rotatable bonds is 3. The Hall–Kier alpha value is -1.06. The number of aryl methyl sites for hydroxylation is 1. The summed E-state index contributed by atoms with van der Waals surface area (Å²) >= 11 is 0. The number of benzene rings is 1. The van der Waals surface area contributed by atoms with Gasteiger partial charge in [-0.15, -0.1) is 0 Å². The Balaban J connectivity index is 1.91. The van der Waals surface area contributed by atoms with Gasteiger partial charge in [-0.05, 0) is 38.8 Å². The molecule has 0 saturated heterocycles. The zero-order valence-corrected chi connectivity index (χ0v) is 13.4. The van der Waals surface area contributed by atoms with Gasteiger partial charge in [-0.2, -0.15) is 0 Å². The summed E-state index contributed by atoms with van der Waals surface area (Å²) in [4.78, 5) is 0. The van der Waals surface area contributed by atoms with E-state index in [4.69, 9.17) is 9.47 Å². The van der Waals surface area contributed by atoms with Gasteiger partial charge < -0.3 is 14.8 Å². The average molecular weight is 289 g/mol. The van der Waals surface area contributed by atoms with Crippen molar-refractivity contribution in [1.29, 1.82) is 0 Å². The molecule has 2 aliphatic rings. The lowest BCUT2D eigenvalue weighted by Crippen LogP contribution is -2.48. The molecule has 3 atom stereocenters. The molecule has 1 N–H and O–H groups in total. The minimum atomic E-state index is -0.0476. The highest BCUT2D eigenvalue weighted by Gasteiger charge is 2.44. The number of ether oxygens (including phenoxy) is 2. The summed E-state index contributed by atoms with van der Waals surface area (Å²) in [5, 5.41) is 3.65. The molecule has 1 fully saturated rings. The maximum absolute atomic E-state index is 6.50. The molecule has 1 aromatic rings. The predicted octanol–water partition coefficient (Wildman–Crippen LogP) is 3.76. The van der Waals surface area contributed by atoms with Crippen LogP contribution in [-0.4, -0.2) is 25.4 Å². The molecule has 1 saturated carbocycles. The van der Waals surface area contributed by atoms with Gasteiger partial charge in [0.25, 0.3) is 0 Å². The fourth-order valence-electron chi connectivity index (χ4n) is 3.97. The van der Waals surface area contributed by atoms with Gasteiger partial charge in [-0.25, -0.2) is 0 Å². The van der Waals surface area contributed by atoms with Gasteiger partial charge >= 0.3 is 0 Å². The van der Waals surface area contributed by atoms with Gasteiger partial charge in [0.1, 0.15) is 11.4 Å². The van der Waals surface area contributed by atoms with Gasteiger partial charge in [-0.1, -0.05) is 24.6 Å². The van der Waals surface area contributed by atoms with Crippen molar-refractivity contribution in [2.75, 3.05) is 13.7 Å². The standard InChI is InChI=1S/C18H27NO2/c1-4-19-16-12-18(9-5-6-14(11-18)20-3)21-17-8-7-13(2)10-15(16)17/h7-8,10,14,16,19H,4-6,9,11-12H2,1-3H3. The molecule has 1 spiro atoms. The van der Waals surface area contributed by atoms with Gasteiger partial charge in [0.05, 0.1) is 6.10 Å². The summed E-state index contributed by atoms with van der Waals surface area (Å²) < 4.78 is 12.1. The Bertz CT molecular complexity index is 502. The molecule has 0 aromatic heterocycles. The van der Waals surface area contributed by atoms with E-state index in [1.165, 1.54) is 17.5 Å². The second-order valence-corrected chi connectivity index (χ2v) is 6.59. The molecule has 0 amide bonds. The van der Waals surface area contributed by atoms with E-state index in [9.17, 15) is 0 Å². The van der Waals surface area contributed by atoms with Gasteiger partial charge in [-0.3, -0.25) is 0 Å². The Morgan fingerprint density at radius 2 is 2.24 bits per heavy atom. The molecule has 21 heavy (non-hydrogen) atoms. The van der Waals surface area contributed by atoms with E-state index in [0.29, 0.717) is 12.1 Å². The largest absolute Gasteiger partial charge is 0.487 e. The number of nitrogens with one attached hydrogen (secondary N) is 1. The van der Waals surface area contributed by atoms with E-state index >= 15 is 0 Å². The number of fused-ring (bicyclic) bond motifs is 1. The smallest absolute Gasteiger partial charge is 0.124 e. The fourth-order valence-corrected chi connectivity index (χ4v) is 3.97. The molecule has 116 valence electrons. The lowest BCUT2D eigenvalue weighted by Gasteiger charge is -2.46. The molecule has 3 heteroatoms. The van der Waals surface area contributed by atoms with Crippen LogP contribution in [0.3, 0.4) is 0 Å². The molecule has 3 rings (SSSR count). The first-order valence-corrected chi connectivity index (χ1v) is 8.21. The zero-order chi connectivity index (χ0) is 14.9. The zero-order valence-electron chi connectivity index (χ0n) is 13.4. The SMILES string of the molecule is CCNC1CC2(CCCC(OC)C2)Oc2ccc(C)cc21. The summed E-state index contributed by atoms with van der Waals surface area (Å²) in [6.07, 6.45) is 5.90. The fraction of sp³-hybridized carbons (Fsp3) is 0.667. The molecule has 1 aromatic carbocycles. The lowest BCUT2D eigenvalue weighted by atomic mass is 9.75. The van der Waals surface area contributed by atoms with Crippen LogP contribution in [0.2, 0.25) is 0 Å². The molecule has 3 unspecified atom stereocenters. The maximum atomic E-state index is 6.50. The highest BCUT2D eigenvalue weighted by Crippen LogP contribution is 2.46. The van der Waals surface area contributed by atoms with E-state index in [1.54, 1.807) is 0 Å². The first-order valence-electron chi connectivity index (χ1n) is 8.21. The average Bonchev–Trinajstić information content (AvgIpc) is 2.48. The summed E-state index contributed by atoms with van der Waals surface area (Å²) in [5.74, 6) is 1.06. The van der Waals surface area contributed by atoms with E-state index in [0.717, 1.165) is 38.0 Å². The van der Waals surface area contributed by atoms with Crippen molar-refractivity contribution in [3.63, 3.8) is 0 Å². The van der Waals surface area contributed by atoms with Crippen molar-refractivity contribution in [2.45, 2.75) is 63.7 Å². The Morgan fingerprint density at radius 3 is 3.00 bits per heavy atom. The topological polar surface area (TPSA) is 30.5 Å². The summed E-state index contributed by atoms with van der Waals surface area (Å²) in [5.41, 5.74) is 2.57. The monoisotopic (exact) mass is 289 g/mol. The number of hydrogen-bond acceptors (Lipinski definition) is 3. The minimum absolute atomic E-state index is 0.0476. The van der Waals surface area contributed by atoms with E-state index in [2.05, 4.69) is 37.4 Å². The van der Waals surface area contributed by atoms with Crippen molar-refractivity contribution < 1.29 is 9.47 Å². The summed E-state index contributed by atoms with van der Waals surface area (Å²) in [7, 11) is 1.82. The molecule has 3 nitrogen and oxygen atoms in total. The van der Waals surface area contributed by atoms with Crippen LogP contribution >= 0.6 is 0 Å². The Morgan fingerprint density at radius 1 is 1.38 bits per heavy atom. The van der Waals surface area contributed by atoms with Crippen LogP contribution in [0.1, 0.15) is 56.2 Å². The second kappa shape index (κ2) is 5.98. The molecule has 1 aliphatic heterocycles. The van der Waals surface area contributed by atoms with Gasteiger partial charge in [0.15, 0.2) is 0 Å². The molecule has 1 aliphatic carbocycles. The van der Waals surface area contributed by atoms with Crippen LogP contribution in [0.25, 0.3) is 0 Å². The Kier molecular flexibility index (Phi) is 4.23. The first kappa shape index (κ1) is 14.9. The maximum Gasteiger partial charge on any atom is 0.124 e. The van der Waals surface area contributed by atoms with Crippen LogP contribution in [0.5, 0.6) is 5.75 Å². The third-order valence-corrected chi connectivity index (χ3v) is 4.99. The van der Waals surface area contributed by atoms with Crippen LogP contribution in [0.15, 0.2) is 18.2 Å². The van der Waals surface area contributed by atoms with Crippen LogP contribution < -0.4 is 10.1 Å². The second-order valence-electron chi connectivity index (χ2n) is 6.59. The van der Waals surface area contributed by atoms with Gasteiger partial charge in [0, 0.05) is 31.6 Å². The molecule has 1 heterocycles. The molecule has 0 bridgehead atoms. The highest BCUT2D eigenvalue weighted by molar-refractivity contribution is 5.42. The van der Waals surface area contributed by atoms with E-state index in [1.807, 2.05) is 7.11 Å². The summed E-state index contributed by atoms with van der Waals surface area (Å²) in [6.45, 7) is 5.31. The molecule has 0 radical (unpaired) electrons. The van der Waals surface area contributed by atoms with Crippen LogP contribution in [0.4, 0.5) is 0 Å². The van der Waals surface area contributed by atoms with E-state index < -0.39 is 0 Å². The number of methoxy groups -OCH3 is 1. The highest BCUT2D eigenvalue weighted by atomic mass is 16.5. The van der Waals surface area contributed by atoms with Crippen molar-refractivity contribution in [1.82, 2.24) is 5.32 Å². The third-order valence-electron chi connectivity index (χ3n) is 4.99. The van der Waals surface area contributed by atoms with Gasteiger partial charge in [0.2, 0.25) is 0 Å².